The number of hydrogen-bond donors (Lipinski definition) is 3. The average Bonchev–Trinajstić information content (AvgIpc) is 2.41. The van der Waals surface area contributed by atoms with Crippen LogP contribution < -0.4 is 21.5 Å². The summed E-state index contributed by atoms with van der Waals surface area (Å²) in [7, 11) is 1.59. The van der Waals surface area contributed by atoms with E-state index >= 15 is 0 Å². The van der Waals surface area contributed by atoms with Crippen LogP contribution in [-0.4, -0.2) is 13.0 Å². The monoisotopic (exact) mass is 335 g/mol. The third kappa shape index (κ3) is 3.03. The maximum Gasteiger partial charge on any atom is 0.250 e. The Kier molecular flexibility index (Phi) is 4.14. The molecule has 0 saturated carbocycles. The highest BCUT2D eigenvalue weighted by atomic mass is 79.9. The molecule has 5 nitrogen and oxygen atoms in total. The second-order valence-corrected chi connectivity index (χ2v) is 4.99. The van der Waals surface area contributed by atoms with Crippen LogP contribution in [0.5, 0.6) is 5.75 Å². The zero-order valence-electron chi connectivity index (χ0n) is 10.8. The Hall–Kier alpha value is -2.21. The van der Waals surface area contributed by atoms with Gasteiger partial charge in [0.25, 0.3) is 5.91 Å². The first-order valence-corrected chi connectivity index (χ1v) is 6.60. The van der Waals surface area contributed by atoms with Gasteiger partial charge in [0.15, 0.2) is 0 Å². The van der Waals surface area contributed by atoms with Gasteiger partial charge in [-0.05, 0) is 46.3 Å². The van der Waals surface area contributed by atoms with Crippen molar-refractivity contribution < 1.29 is 9.53 Å². The third-order valence-corrected chi connectivity index (χ3v) is 3.44. The van der Waals surface area contributed by atoms with Gasteiger partial charge in [0.2, 0.25) is 0 Å². The van der Waals surface area contributed by atoms with Crippen LogP contribution in [0, 0.1) is 0 Å². The van der Waals surface area contributed by atoms with Crippen molar-refractivity contribution in [2.24, 2.45) is 5.73 Å². The maximum atomic E-state index is 11.4. The number of carbonyl (C=O) groups is 1. The number of rotatable bonds is 4. The third-order valence-electron chi connectivity index (χ3n) is 2.75. The van der Waals surface area contributed by atoms with Crippen molar-refractivity contribution in [3.05, 3.63) is 46.4 Å². The summed E-state index contributed by atoms with van der Waals surface area (Å²) >= 11 is 3.43. The SMILES string of the molecule is COc1ccc(Br)c(Nc2cc(N)ccc2C(N)=O)c1. The molecule has 2 rings (SSSR count). The van der Waals surface area contributed by atoms with Gasteiger partial charge >= 0.3 is 0 Å². The highest BCUT2D eigenvalue weighted by Crippen LogP contribution is 2.31. The van der Waals surface area contributed by atoms with Crippen molar-refractivity contribution in [1.29, 1.82) is 0 Å². The lowest BCUT2D eigenvalue weighted by molar-refractivity contribution is 0.100. The number of nitrogens with one attached hydrogen (secondary N) is 1. The molecule has 2 aromatic rings. The minimum atomic E-state index is -0.522. The number of methoxy groups -OCH3 is 1. The van der Waals surface area contributed by atoms with Gasteiger partial charge in [-0.1, -0.05) is 0 Å². The summed E-state index contributed by atoms with van der Waals surface area (Å²) in [5.41, 5.74) is 13.3. The standard InChI is InChI=1S/C14H14BrN3O2/c1-20-9-3-5-11(15)13(7-9)18-12-6-8(16)2-4-10(12)14(17)19/h2-7,18H,16H2,1H3,(H2,17,19). The van der Waals surface area contributed by atoms with Gasteiger partial charge in [-0.15, -0.1) is 0 Å². The molecule has 0 radical (unpaired) electrons. The Balaban J connectivity index is 2.43. The maximum absolute atomic E-state index is 11.4. The Morgan fingerprint density at radius 1 is 1.20 bits per heavy atom. The first kappa shape index (κ1) is 14.2. The summed E-state index contributed by atoms with van der Waals surface area (Å²) < 4.78 is 6.00. The number of amides is 1. The van der Waals surface area contributed by atoms with E-state index in [0.29, 0.717) is 22.7 Å². The molecular weight excluding hydrogens is 322 g/mol. The fourth-order valence-electron chi connectivity index (χ4n) is 1.75. The second kappa shape index (κ2) is 5.83. The smallest absolute Gasteiger partial charge is 0.250 e. The molecule has 1 amide bonds. The quantitative estimate of drug-likeness (QED) is 0.749. The zero-order chi connectivity index (χ0) is 14.7. The number of ether oxygens (including phenoxy) is 1. The van der Waals surface area contributed by atoms with Crippen molar-refractivity contribution in [1.82, 2.24) is 0 Å². The Labute approximate surface area is 125 Å². The number of benzene rings is 2. The van der Waals surface area contributed by atoms with E-state index in [9.17, 15) is 4.79 Å². The van der Waals surface area contributed by atoms with Crippen LogP contribution in [0.25, 0.3) is 0 Å². The van der Waals surface area contributed by atoms with Gasteiger partial charge in [-0.3, -0.25) is 4.79 Å². The fraction of sp³-hybridized carbons (Fsp3) is 0.0714. The van der Waals surface area contributed by atoms with Crippen LogP contribution >= 0.6 is 15.9 Å². The van der Waals surface area contributed by atoms with Crippen LogP contribution in [0.4, 0.5) is 17.1 Å². The van der Waals surface area contributed by atoms with Crippen LogP contribution in [0.1, 0.15) is 10.4 Å². The largest absolute Gasteiger partial charge is 0.497 e. The summed E-state index contributed by atoms with van der Waals surface area (Å²) in [6.07, 6.45) is 0. The van der Waals surface area contributed by atoms with Gasteiger partial charge in [-0.25, -0.2) is 0 Å². The van der Waals surface area contributed by atoms with E-state index in [1.165, 1.54) is 0 Å². The Morgan fingerprint density at radius 2 is 1.95 bits per heavy atom. The van der Waals surface area contributed by atoms with E-state index in [4.69, 9.17) is 16.2 Å². The minimum Gasteiger partial charge on any atom is -0.497 e. The first-order chi connectivity index (χ1) is 9.51. The summed E-state index contributed by atoms with van der Waals surface area (Å²) in [5.74, 6) is 0.173. The van der Waals surface area contributed by atoms with Gasteiger partial charge in [0, 0.05) is 16.2 Å². The van der Waals surface area contributed by atoms with Crippen LogP contribution in [0.15, 0.2) is 40.9 Å². The van der Waals surface area contributed by atoms with E-state index < -0.39 is 5.91 Å². The fourth-order valence-corrected chi connectivity index (χ4v) is 2.10. The van der Waals surface area contributed by atoms with Gasteiger partial charge < -0.3 is 21.5 Å². The highest BCUT2D eigenvalue weighted by Gasteiger charge is 2.10. The average molecular weight is 336 g/mol. The van der Waals surface area contributed by atoms with Gasteiger partial charge in [0.1, 0.15) is 5.75 Å². The summed E-state index contributed by atoms with van der Waals surface area (Å²) in [5, 5.41) is 3.13. The van der Waals surface area contributed by atoms with Crippen molar-refractivity contribution in [3.63, 3.8) is 0 Å². The summed E-state index contributed by atoms with van der Waals surface area (Å²) in [4.78, 5) is 11.4. The molecule has 0 aliphatic heterocycles. The van der Waals surface area contributed by atoms with Crippen LogP contribution in [0.2, 0.25) is 0 Å². The molecule has 0 aromatic heterocycles. The molecule has 0 aliphatic rings. The molecule has 0 unspecified atom stereocenters. The lowest BCUT2D eigenvalue weighted by Gasteiger charge is -2.13. The number of carbonyl (C=O) groups excluding carboxylic acids is 1. The molecule has 5 N–H and O–H groups in total. The molecule has 0 spiro atoms. The second-order valence-electron chi connectivity index (χ2n) is 4.14. The van der Waals surface area contributed by atoms with E-state index in [-0.39, 0.29) is 0 Å². The Bertz CT molecular complexity index is 659. The number of hydrogen-bond acceptors (Lipinski definition) is 4. The number of nitrogen functional groups attached to an aromatic ring is 1. The Morgan fingerprint density at radius 3 is 2.60 bits per heavy atom. The number of primary amides is 1. The first-order valence-electron chi connectivity index (χ1n) is 5.81. The van der Waals surface area contributed by atoms with Gasteiger partial charge in [-0.2, -0.15) is 0 Å². The van der Waals surface area contributed by atoms with Crippen molar-refractivity contribution in [2.75, 3.05) is 18.2 Å². The summed E-state index contributed by atoms with van der Waals surface area (Å²) in [6, 6.07) is 10.4. The van der Waals surface area contributed by atoms with Crippen molar-refractivity contribution in [3.8, 4) is 5.75 Å². The molecule has 0 aliphatic carbocycles. The molecule has 20 heavy (non-hydrogen) atoms. The molecular formula is C14H14BrN3O2. The summed E-state index contributed by atoms with van der Waals surface area (Å²) in [6.45, 7) is 0. The topological polar surface area (TPSA) is 90.4 Å². The minimum absolute atomic E-state index is 0.369. The van der Waals surface area contributed by atoms with Crippen LogP contribution in [0.3, 0.4) is 0 Å². The predicted octanol–water partition coefficient (Wildman–Crippen LogP) is 2.88. The highest BCUT2D eigenvalue weighted by molar-refractivity contribution is 9.10. The molecule has 6 heteroatoms. The molecule has 0 fully saturated rings. The van der Waals surface area contributed by atoms with Crippen LogP contribution in [-0.2, 0) is 0 Å². The number of anilines is 3. The van der Waals surface area contributed by atoms with Crippen molar-refractivity contribution >= 4 is 38.9 Å². The lowest BCUT2D eigenvalue weighted by Crippen LogP contribution is -2.13. The van der Waals surface area contributed by atoms with E-state index in [0.717, 1.165) is 10.2 Å². The van der Waals surface area contributed by atoms with Crippen molar-refractivity contribution in [2.45, 2.75) is 0 Å². The van der Waals surface area contributed by atoms with Gasteiger partial charge in [0.05, 0.1) is 24.0 Å². The van der Waals surface area contributed by atoms with E-state index in [1.807, 2.05) is 12.1 Å². The molecule has 0 bridgehead atoms. The van der Waals surface area contributed by atoms with E-state index in [1.54, 1.807) is 31.4 Å². The molecule has 0 atom stereocenters. The molecule has 0 saturated heterocycles. The van der Waals surface area contributed by atoms with E-state index in [2.05, 4.69) is 21.2 Å². The zero-order valence-corrected chi connectivity index (χ0v) is 12.4. The molecule has 104 valence electrons. The molecule has 0 heterocycles. The molecule has 2 aromatic carbocycles. The normalized spacial score (nSPS) is 10.1. The number of halogens is 1. The predicted molar refractivity (Wildman–Crippen MR) is 83.3 cm³/mol. The number of nitrogens with two attached hydrogens (primary N) is 2. The lowest BCUT2D eigenvalue weighted by atomic mass is 10.1.